The van der Waals surface area contributed by atoms with Crippen molar-refractivity contribution in [3.8, 4) is 12.3 Å². The molecule has 3 heteroatoms. The number of thioether (sulfide) groups is 1. The van der Waals surface area contributed by atoms with Gasteiger partial charge < -0.3 is 4.74 Å². The molecule has 4 aliphatic rings. The minimum absolute atomic E-state index is 0.561. The van der Waals surface area contributed by atoms with Crippen molar-refractivity contribution in [1.29, 1.82) is 0 Å². The van der Waals surface area contributed by atoms with E-state index in [2.05, 4.69) is 33.6 Å². The largest absolute Gasteiger partial charge is 0.478 e. The molecule has 2 unspecified atom stereocenters. The quantitative estimate of drug-likeness (QED) is 0.242. The molecule has 4 fully saturated rings. The lowest BCUT2D eigenvalue weighted by Gasteiger charge is -2.61. The van der Waals surface area contributed by atoms with E-state index in [0.29, 0.717) is 26.9 Å². The molecule has 34 heavy (non-hydrogen) atoms. The second kappa shape index (κ2) is 11.5. The molecule has 0 heterocycles. The topological polar surface area (TPSA) is 9.23 Å². The van der Waals surface area contributed by atoms with Crippen molar-refractivity contribution in [2.45, 2.75) is 111 Å². The first kappa shape index (κ1) is 26.9. The van der Waals surface area contributed by atoms with E-state index in [1.54, 1.807) is 6.42 Å². The van der Waals surface area contributed by atoms with Gasteiger partial charge >= 0.3 is 0 Å². The summed E-state index contributed by atoms with van der Waals surface area (Å²) in [4.78, 5) is 0. The maximum Gasteiger partial charge on any atom is 0.220 e. The van der Waals surface area contributed by atoms with Gasteiger partial charge in [0.05, 0.1) is 12.4 Å². The summed E-state index contributed by atoms with van der Waals surface area (Å²) in [5.41, 5.74) is 1.28. The van der Waals surface area contributed by atoms with Crippen molar-refractivity contribution < 1.29 is 4.74 Å². The molecule has 0 aliphatic heterocycles. The molecule has 4 saturated carbocycles. The molecule has 4 aliphatic carbocycles. The van der Waals surface area contributed by atoms with E-state index >= 15 is 0 Å². The molecule has 0 N–H and O–H groups in total. The highest BCUT2D eigenvalue weighted by molar-refractivity contribution is 8.22. The van der Waals surface area contributed by atoms with Gasteiger partial charge in [-0.1, -0.05) is 71.1 Å². The number of ether oxygens (including phenoxy) is 1. The Morgan fingerprint density at radius 1 is 1.00 bits per heavy atom. The molecule has 0 spiro atoms. The van der Waals surface area contributed by atoms with Gasteiger partial charge in [-0.05, 0) is 122 Å². The van der Waals surface area contributed by atoms with E-state index in [9.17, 15) is 0 Å². The van der Waals surface area contributed by atoms with Gasteiger partial charge in [0.15, 0.2) is 0 Å². The lowest BCUT2D eigenvalue weighted by atomic mass is 9.44. The van der Waals surface area contributed by atoms with E-state index in [0.717, 1.165) is 42.1 Å². The van der Waals surface area contributed by atoms with Crippen molar-refractivity contribution >= 4 is 28.4 Å². The lowest BCUT2D eigenvalue weighted by Crippen LogP contribution is -2.53. The molecular weight excluding hydrogens is 452 g/mol. The van der Waals surface area contributed by atoms with Gasteiger partial charge in [0.1, 0.15) is 0 Å². The van der Waals surface area contributed by atoms with Crippen LogP contribution in [-0.2, 0) is 4.74 Å². The van der Waals surface area contributed by atoms with Gasteiger partial charge in [0, 0.05) is 0 Å². The second-order valence-electron chi connectivity index (χ2n) is 13.2. The SMILES string of the molecule is C#CCSC(=S)OCC(C)CCC[C@@H](C)[C@H]1CC[C@H]2[C@@H]3CCC4CCCC[C@]4(C)[C@H]3CC[C@]12C. The molecule has 0 aromatic heterocycles. The minimum Gasteiger partial charge on any atom is -0.478 e. The summed E-state index contributed by atoms with van der Waals surface area (Å²) >= 11 is 6.72. The van der Waals surface area contributed by atoms with E-state index in [-0.39, 0.29) is 0 Å². The minimum atomic E-state index is 0.561. The number of thiocarbonyl (C=S) groups is 1. The summed E-state index contributed by atoms with van der Waals surface area (Å²) < 4.78 is 6.35. The zero-order chi connectivity index (χ0) is 24.3. The Morgan fingerprint density at radius 2 is 1.79 bits per heavy atom. The van der Waals surface area contributed by atoms with Crippen LogP contribution in [0.2, 0.25) is 0 Å². The molecule has 0 bridgehead atoms. The van der Waals surface area contributed by atoms with Crippen LogP contribution in [0, 0.1) is 64.6 Å². The highest BCUT2D eigenvalue weighted by atomic mass is 32.2. The maximum atomic E-state index is 5.74. The van der Waals surface area contributed by atoms with Crippen LogP contribution in [-0.4, -0.2) is 16.7 Å². The smallest absolute Gasteiger partial charge is 0.220 e. The van der Waals surface area contributed by atoms with E-state index in [1.165, 1.54) is 88.8 Å². The predicted octanol–water partition coefficient (Wildman–Crippen LogP) is 9.15. The molecule has 1 nitrogen and oxygen atoms in total. The summed E-state index contributed by atoms with van der Waals surface area (Å²) in [6.07, 6.45) is 24.4. The molecule has 0 saturated heterocycles. The number of rotatable bonds is 8. The molecule has 0 amide bonds. The Kier molecular flexibility index (Phi) is 9.05. The summed E-state index contributed by atoms with van der Waals surface area (Å²) in [7, 11) is 0. The third kappa shape index (κ3) is 5.39. The third-order valence-electron chi connectivity index (χ3n) is 11.5. The van der Waals surface area contributed by atoms with Crippen molar-refractivity contribution in [2.75, 3.05) is 12.4 Å². The van der Waals surface area contributed by atoms with Crippen LogP contribution in [0.15, 0.2) is 0 Å². The van der Waals surface area contributed by atoms with E-state index in [1.807, 2.05) is 0 Å². The standard InChI is InChI=1S/C31H50OS2/c1-6-20-34-29(33)32-21-22(2)10-9-11-23(3)26-15-16-27-25-14-13-24-12-7-8-18-30(24,4)28(25)17-19-31(26,27)5/h1,22-28H,7-21H2,2-5H3/t22?,23-,24?,25+,26-,27+,28+,30+,31-/m1/s1. The number of hydrogen-bond acceptors (Lipinski definition) is 3. The molecule has 192 valence electrons. The average Bonchev–Trinajstić information content (AvgIpc) is 3.18. The first-order valence-corrected chi connectivity index (χ1v) is 15.9. The Labute approximate surface area is 220 Å². The average molecular weight is 503 g/mol. The van der Waals surface area contributed by atoms with E-state index in [4.69, 9.17) is 23.4 Å². The Morgan fingerprint density at radius 3 is 2.59 bits per heavy atom. The van der Waals surface area contributed by atoms with Crippen molar-refractivity contribution in [2.24, 2.45) is 52.3 Å². The van der Waals surface area contributed by atoms with Gasteiger partial charge in [-0.2, -0.15) is 0 Å². The zero-order valence-corrected chi connectivity index (χ0v) is 24.1. The third-order valence-corrected chi connectivity index (χ3v) is 12.6. The molecule has 0 radical (unpaired) electrons. The fourth-order valence-corrected chi connectivity index (χ4v) is 10.3. The fraction of sp³-hybridized carbons (Fsp3) is 0.903. The van der Waals surface area contributed by atoms with Crippen molar-refractivity contribution in [3.05, 3.63) is 0 Å². The highest BCUT2D eigenvalue weighted by Crippen LogP contribution is 2.68. The van der Waals surface area contributed by atoms with Crippen molar-refractivity contribution in [1.82, 2.24) is 0 Å². The molecule has 0 aromatic rings. The molecule has 4 rings (SSSR count). The monoisotopic (exact) mass is 502 g/mol. The zero-order valence-electron chi connectivity index (χ0n) is 22.5. The van der Waals surface area contributed by atoms with Gasteiger partial charge in [-0.25, -0.2) is 0 Å². The number of fused-ring (bicyclic) bond motifs is 5. The Bertz CT molecular complexity index is 742. The van der Waals surface area contributed by atoms with Crippen molar-refractivity contribution in [3.63, 3.8) is 0 Å². The fourth-order valence-electron chi connectivity index (χ4n) is 9.70. The van der Waals surface area contributed by atoms with Crippen LogP contribution in [0.1, 0.15) is 111 Å². The van der Waals surface area contributed by atoms with E-state index < -0.39 is 0 Å². The summed E-state index contributed by atoms with van der Waals surface area (Å²) in [6.45, 7) is 11.1. The summed E-state index contributed by atoms with van der Waals surface area (Å²) in [6, 6.07) is 0. The van der Waals surface area contributed by atoms with Crippen LogP contribution in [0.3, 0.4) is 0 Å². The molecule has 0 aromatic carbocycles. The van der Waals surface area contributed by atoms with Crippen LogP contribution in [0.25, 0.3) is 0 Å². The van der Waals surface area contributed by atoms with Crippen LogP contribution in [0.4, 0.5) is 0 Å². The number of hydrogen-bond donors (Lipinski definition) is 0. The van der Waals surface area contributed by atoms with Gasteiger partial charge in [0.2, 0.25) is 4.38 Å². The maximum absolute atomic E-state index is 5.74. The van der Waals surface area contributed by atoms with Crippen LogP contribution in [0.5, 0.6) is 0 Å². The second-order valence-corrected chi connectivity index (χ2v) is 14.8. The normalized spacial score (nSPS) is 40.9. The highest BCUT2D eigenvalue weighted by Gasteiger charge is 2.60. The summed E-state index contributed by atoms with van der Waals surface area (Å²) in [5.74, 6) is 9.68. The van der Waals surface area contributed by atoms with Crippen LogP contribution >= 0.6 is 24.0 Å². The summed E-state index contributed by atoms with van der Waals surface area (Å²) in [5, 5.41) is 0. The Hall–Kier alpha value is -0.200. The predicted molar refractivity (Wildman–Crippen MR) is 152 cm³/mol. The van der Waals surface area contributed by atoms with Crippen LogP contribution < -0.4 is 0 Å². The molecule has 9 atom stereocenters. The first-order valence-electron chi connectivity index (χ1n) is 14.5. The van der Waals surface area contributed by atoms with Gasteiger partial charge in [-0.15, -0.1) is 6.42 Å². The van der Waals surface area contributed by atoms with Gasteiger partial charge in [-0.3, -0.25) is 0 Å². The lowest BCUT2D eigenvalue weighted by molar-refractivity contribution is -0.114. The number of terminal acetylenes is 1. The molecular formula is C31H50OS2. The first-order chi connectivity index (χ1) is 16.3. The Balaban J connectivity index is 1.27. The van der Waals surface area contributed by atoms with Gasteiger partial charge in [0.25, 0.3) is 0 Å².